The molecule has 2 atom stereocenters. The van der Waals surface area contributed by atoms with E-state index in [2.05, 4.69) is 10.2 Å². The number of nitrogens with zero attached hydrogens (tertiary/aromatic N) is 1. The Hall–Kier alpha value is -0.820. The number of aliphatic carboxylic acids is 1. The second-order valence-electron chi connectivity index (χ2n) is 6.05. The Kier molecular flexibility index (Phi) is 4.90. The number of rotatable bonds is 6. The van der Waals surface area contributed by atoms with Gasteiger partial charge in [-0.3, -0.25) is 4.79 Å². The van der Waals surface area contributed by atoms with Crippen molar-refractivity contribution in [2.24, 2.45) is 11.8 Å². The van der Waals surface area contributed by atoms with E-state index in [-0.39, 0.29) is 18.4 Å². The average Bonchev–Trinajstić information content (AvgIpc) is 3.08. The molecule has 2 unspecified atom stereocenters. The Morgan fingerprint density at radius 3 is 2.50 bits per heavy atom. The SMILES string of the molecule is O=C(O)CC1CC(NCC(F)(F)F)CN(CC2CC2)C1. The number of piperidine rings is 1. The quantitative estimate of drug-likeness (QED) is 0.783. The smallest absolute Gasteiger partial charge is 0.401 e. The lowest BCUT2D eigenvalue weighted by molar-refractivity contribution is -0.139. The van der Waals surface area contributed by atoms with E-state index in [1.165, 1.54) is 12.8 Å². The summed E-state index contributed by atoms with van der Waals surface area (Å²) in [5.74, 6) is -0.287. The Bertz CT molecular complexity index is 345. The number of hydrogen-bond acceptors (Lipinski definition) is 3. The van der Waals surface area contributed by atoms with E-state index in [4.69, 9.17) is 5.11 Å². The predicted octanol–water partition coefficient (Wildman–Crippen LogP) is 1.71. The molecular formula is C13H21F3N2O2. The normalized spacial score (nSPS) is 28.6. The highest BCUT2D eigenvalue weighted by Crippen LogP contribution is 2.31. The van der Waals surface area contributed by atoms with Crippen LogP contribution in [0.1, 0.15) is 25.7 Å². The van der Waals surface area contributed by atoms with Gasteiger partial charge in [0.25, 0.3) is 0 Å². The molecule has 116 valence electrons. The molecule has 0 spiro atoms. The van der Waals surface area contributed by atoms with Gasteiger partial charge in [0.05, 0.1) is 6.54 Å². The Labute approximate surface area is 116 Å². The van der Waals surface area contributed by atoms with E-state index in [9.17, 15) is 18.0 Å². The fourth-order valence-electron chi connectivity index (χ4n) is 2.92. The number of carboxylic acids is 1. The molecule has 7 heteroatoms. The Morgan fingerprint density at radius 1 is 1.25 bits per heavy atom. The van der Waals surface area contributed by atoms with Crippen LogP contribution in [-0.4, -0.2) is 54.4 Å². The van der Waals surface area contributed by atoms with Crippen molar-refractivity contribution >= 4 is 5.97 Å². The zero-order valence-corrected chi connectivity index (χ0v) is 11.3. The lowest BCUT2D eigenvalue weighted by Gasteiger charge is -2.38. The number of likely N-dealkylation sites (tertiary alicyclic amines) is 1. The molecule has 1 aliphatic carbocycles. The first kappa shape index (κ1) is 15.6. The molecule has 1 heterocycles. The molecule has 0 bridgehead atoms. The molecule has 1 saturated heterocycles. The summed E-state index contributed by atoms with van der Waals surface area (Å²) in [5, 5.41) is 11.4. The van der Waals surface area contributed by atoms with Gasteiger partial charge in [-0.1, -0.05) is 0 Å². The molecule has 0 radical (unpaired) electrons. The maximum absolute atomic E-state index is 12.3. The molecular weight excluding hydrogens is 273 g/mol. The summed E-state index contributed by atoms with van der Waals surface area (Å²) in [7, 11) is 0. The van der Waals surface area contributed by atoms with Gasteiger partial charge >= 0.3 is 12.1 Å². The minimum Gasteiger partial charge on any atom is -0.481 e. The van der Waals surface area contributed by atoms with E-state index in [0.717, 1.165) is 6.54 Å². The Balaban J connectivity index is 1.86. The van der Waals surface area contributed by atoms with Gasteiger partial charge < -0.3 is 15.3 Å². The minimum atomic E-state index is -4.22. The van der Waals surface area contributed by atoms with Gasteiger partial charge in [0.1, 0.15) is 0 Å². The summed E-state index contributed by atoms with van der Waals surface area (Å²) in [6.07, 6.45) is -1.32. The lowest BCUT2D eigenvalue weighted by atomic mass is 9.91. The van der Waals surface area contributed by atoms with Crippen LogP contribution in [0.5, 0.6) is 0 Å². The van der Waals surface area contributed by atoms with Crippen molar-refractivity contribution in [2.75, 3.05) is 26.2 Å². The third-order valence-corrected chi connectivity index (χ3v) is 3.88. The fourth-order valence-corrected chi connectivity index (χ4v) is 2.92. The molecule has 0 amide bonds. The highest BCUT2D eigenvalue weighted by Gasteiger charge is 2.34. The van der Waals surface area contributed by atoms with E-state index in [1.54, 1.807) is 0 Å². The largest absolute Gasteiger partial charge is 0.481 e. The number of alkyl halides is 3. The maximum atomic E-state index is 12.3. The van der Waals surface area contributed by atoms with Crippen LogP contribution >= 0.6 is 0 Å². The van der Waals surface area contributed by atoms with E-state index < -0.39 is 18.7 Å². The van der Waals surface area contributed by atoms with Crippen LogP contribution in [0, 0.1) is 11.8 Å². The first-order valence-electron chi connectivity index (χ1n) is 7.06. The van der Waals surface area contributed by atoms with Crippen molar-refractivity contribution in [2.45, 2.75) is 37.9 Å². The molecule has 2 fully saturated rings. The summed E-state index contributed by atoms with van der Waals surface area (Å²) in [6, 6.07) is -0.270. The van der Waals surface area contributed by atoms with Crippen molar-refractivity contribution in [1.82, 2.24) is 10.2 Å². The zero-order valence-electron chi connectivity index (χ0n) is 11.3. The van der Waals surface area contributed by atoms with E-state index >= 15 is 0 Å². The van der Waals surface area contributed by atoms with Crippen molar-refractivity contribution < 1.29 is 23.1 Å². The molecule has 4 nitrogen and oxygen atoms in total. The van der Waals surface area contributed by atoms with Gasteiger partial charge in [-0.15, -0.1) is 0 Å². The molecule has 0 aromatic heterocycles. The topological polar surface area (TPSA) is 52.6 Å². The van der Waals surface area contributed by atoms with Crippen LogP contribution in [0.15, 0.2) is 0 Å². The number of carbonyl (C=O) groups is 1. The third-order valence-electron chi connectivity index (χ3n) is 3.88. The molecule has 1 saturated carbocycles. The summed E-state index contributed by atoms with van der Waals surface area (Å²) < 4.78 is 36.8. The van der Waals surface area contributed by atoms with Gasteiger partial charge in [0.15, 0.2) is 0 Å². The zero-order chi connectivity index (χ0) is 14.8. The van der Waals surface area contributed by atoms with Gasteiger partial charge in [0.2, 0.25) is 0 Å². The lowest BCUT2D eigenvalue weighted by Crippen LogP contribution is -2.51. The highest BCUT2D eigenvalue weighted by atomic mass is 19.4. The summed E-state index contributed by atoms with van der Waals surface area (Å²) in [4.78, 5) is 12.9. The number of carboxylic acid groups (broad SMARTS) is 1. The second-order valence-corrected chi connectivity index (χ2v) is 6.05. The monoisotopic (exact) mass is 294 g/mol. The van der Waals surface area contributed by atoms with Crippen molar-refractivity contribution in [3.05, 3.63) is 0 Å². The molecule has 2 aliphatic rings. The van der Waals surface area contributed by atoms with Crippen molar-refractivity contribution in [1.29, 1.82) is 0 Å². The molecule has 2 N–H and O–H groups in total. The minimum absolute atomic E-state index is 0.0331. The Morgan fingerprint density at radius 2 is 1.95 bits per heavy atom. The summed E-state index contributed by atoms with van der Waals surface area (Å²) in [6.45, 7) is 1.16. The summed E-state index contributed by atoms with van der Waals surface area (Å²) >= 11 is 0. The van der Waals surface area contributed by atoms with E-state index in [0.29, 0.717) is 25.4 Å². The molecule has 1 aliphatic heterocycles. The first-order valence-corrected chi connectivity index (χ1v) is 7.06. The van der Waals surface area contributed by atoms with Crippen molar-refractivity contribution in [3.63, 3.8) is 0 Å². The van der Waals surface area contributed by atoms with Crippen LogP contribution in [0.4, 0.5) is 13.2 Å². The van der Waals surface area contributed by atoms with Crippen molar-refractivity contribution in [3.8, 4) is 0 Å². The van der Waals surface area contributed by atoms with Crippen LogP contribution in [0.3, 0.4) is 0 Å². The van der Waals surface area contributed by atoms with Gasteiger partial charge in [-0.05, 0) is 31.1 Å². The molecule has 0 aromatic rings. The molecule has 20 heavy (non-hydrogen) atoms. The van der Waals surface area contributed by atoms with Crippen LogP contribution in [0.2, 0.25) is 0 Å². The second kappa shape index (κ2) is 6.30. The molecule has 2 rings (SSSR count). The van der Waals surface area contributed by atoms with Crippen LogP contribution in [-0.2, 0) is 4.79 Å². The van der Waals surface area contributed by atoms with Gasteiger partial charge in [0, 0.05) is 32.1 Å². The first-order chi connectivity index (χ1) is 9.32. The van der Waals surface area contributed by atoms with Crippen LogP contribution in [0.25, 0.3) is 0 Å². The molecule has 0 aromatic carbocycles. The third kappa shape index (κ3) is 5.66. The van der Waals surface area contributed by atoms with Gasteiger partial charge in [-0.25, -0.2) is 0 Å². The van der Waals surface area contributed by atoms with Gasteiger partial charge in [-0.2, -0.15) is 13.2 Å². The number of nitrogens with one attached hydrogen (secondary N) is 1. The van der Waals surface area contributed by atoms with E-state index in [1.807, 2.05) is 0 Å². The highest BCUT2D eigenvalue weighted by molar-refractivity contribution is 5.67. The fraction of sp³-hybridized carbons (Fsp3) is 0.923. The maximum Gasteiger partial charge on any atom is 0.401 e. The number of halogens is 3. The van der Waals surface area contributed by atoms with Crippen LogP contribution < -0.4 is 5.32 Å². The number of hydrogen-bond donors (Lipinski definition) is 2. The summed E-state index contributed by atoms with van der Waals surface area (Å²) in [5.41, 5.74) is 0. The average molecular weight is 294 g/mol. The standard InChI is InChI=1S/C13H21F3N2O2/c14-13(15,16)8-17-11-3-10(4-12(19)20)6-18(7-11)5-9-1-2-9/h9-11,17H,1-8H2,(H,19,20). The predicted molar refractivity (Wildman–Crippen MR) is 67.4 cm³/mol.